The van der Waals surface area contributed by atoms with Crippen LogP contribution in [0.2, 0.25) is 0 Å². The number of thiazole rings is 2. The van der Waals surface area contributed by atoms with E-state index in [1.165, 1.54) is 11.3 Å². The highest BCUT2D eigenvalue weighted by Crippen LogP contribution is 2.20. The Morgan fingerprint density at radius 1 is 0.904 bits per heavy atom. The number of hydrogen-bond acceptors (Lipinski definition) is 9. The van der Waals surface area contributed by atoms with E-state index in [2.05, 4.69) is 34.8 Å². The number of benzene rings is 2. The average Bonchev–Trinajstić information content (AvgIpc) is 3.83. The molecule has 0 aliphatic carbocycles. The summed E-state index contributed by atoms with van der Waals surface area (Å²) in [6, 6.07) is 16.9. The van der Waals surface area contributed by atoms with Gasteiger partial charge in [-0.05, 0) is 43.2 Å². The summed E-state index contributed by atoms with van der Waals surface area (Å²) in [4.78, 5) is 51.6. The number of rotatable bonds is 19. The van der Waals surface area contributed by atoms with Gasteiger partial charge in [0.25, 0.3) is 0 Å². The number of aromatic nitrogens is 2. The number of urea groups is 1. The van der Waals surface area contributed by atoms with Gasteiger partial charge in [-0.3, -0.25) is 9.78 Å². The third-order valence-electron chi connectivity index (χ3n) is 8.69. The molecule has 13 heteroatoms. The molecule has 2 aromatic carbocycles. The lowest BCUT2D eigenvalue weighted by Crippen LogP contribution is -2.56. The molecule has 0 radical (unpaired) electrons. The number of ether oxygens (including phenoxy) is 1. The predicted octanol–water partition coefficient (Wildman–Crippen LogP) is 6.34. The Bertz CT molecular complexity index is 1650. The van der Waals surface area contributed by atoms with E-state index in [0.29, 0.717) is 38.3 Å². The predicted molar refractivity (Wildman–Crippen MR) is 206 cm³/mol. The molecule has 11 nitrogen and oxygen atoms in total. The van der Waals surface area contributed by atoms with Crippen LogP contribution in [0.3, 0.4) is 0 Å². The maximum Gasteiger partial charge on any atom is 0.407 e. The summed E-state index contributed by atoms with van der Waals surface area (Å²) in [6.45, 7) is 10.9. The van der Waals surface area contributed by atoms with E-state index in [4.69, 9.17) is 9.72 Å². The van der Waals surface area contributed by atoms with E-state index >= 15 is 0 Å². The monoisotopic (exact) mass is 748 g/mol. The van der Waals surface area contributed by atoms with E-state index in [-0.39, 0.29) is 30.9 Å². The molecule has 0 unspecified atom stereocenters. The Balaban J connectivity index is 1.46. The summed E-state index contributed by atoms with van der Waals surface area (Å²) < 4.78 is 5.44. The zero-order valence-corrected chi connectivity index (χ0v) is 32.3. The van der Waals surface area contributed by atoms with Crippen molar-refractivity contribution in [2.75, 3.05) is 13.1 Å². The number of nitrogens with zero attached hydrogens (tertiary/aromatic N) is 3. The number of carbonyl (C=O) groups is 3. The molecule has 2 heterocycles. The van der Waals surface area contributed by atoms with Gasteiger partial charge in [0.1, 0.15) is 12.6 Å². The second-order valence-electron chi connectivity index (χ2n) is 13.5. The van der Waals surface area contributed by atoms with Gasteiger partial charge in [-0.25, -0.2) is 14.6 Å². The summed E-state index contributed by atoms with van der Waals surface area (Å²) >= 11 is 3.01. The Kier molecular flexibility index (Phi) is 16.1. The van der Waals surface area contributed by atoms with Crippen LogP contribution < -0.4 is 16.0 Å². The second kappa shape index (κ2) is 20.6. The number of nitrogens with one attached hydrogen (secondary N) is 3. The van der Waals surface area contributed by atoms with Crippen molar-refractivity contribution in [2.45, 2.75) is 97.1 Å². The Labute approximate surface area is 315 Å². The standard InChI is InChI=1S/C39H52N6O5S2/c1-6-45(18-17-30-24-51-37(42-30)27(4)5)38(48)44-35(26(2)3)36(47)41-31(19-28-13-9-7-10-14-28)21-34(46)33(20-29-15-11-8-12-16-29)43-39(49)50-23-32-22-40-25-52-32/h7-16,22,24-27,31,33-35,46H,6,17-21,23H2,1-5H3,(H,41,47)(H,43,49)(H,44,48)/t31-,33-,34-,35-/m0/s1. The minimum Gasteiger partial charge on any atom is -0.444 e. The number of hydrogen-bond donors (Lipinski definition) is 4. The van der Waals surface area contributed by atoms with Gasteiger partial charge in [-0.2, -0.15) is 0 Å². The minimum atomic E-state index is -1.05. The maximum absolute atomic E-state index is 14.0. The fourth-order valence-corrected chi connectivity index (χ4v) is 7.12. The van der Waals surface area contributed by atoms with Crippen molar-refractivity contribution < 1.29 is 24.2 Å². The number of aliphatic hydroxyl groups excluding tert-OH is 1. The molecule has 4 N–H and O–H groups in total. The highest BCUT2D eigenvalue weighted by molar-refractivity contribution is 7.09. The van der Waals surface area contributed by atoms with Gasteiger partial charge in [-0.1, -0.05) is 88.4 Å². The van der Waals surface area contributed by atoms with Gasteiger partial charge in [0.15, 0.2) is 0 Å². The topological polar surface area (TPSA) is 146 Å². The summed E-state index contributed by atoms with van der Waals surface area (Å²) in [5.41, 5.74) is 4.52. The largest absolute Gasteiger partial charge is 0.444 e. The third kappa shape index (κ3) is 13.0. The molecule has 4 atom stereocenters. The van der Waals surface area contributed by atoms with Crippen LogP contribution in [-0.2, 0) is 35.4 Å². The van der Waals surface area contributed by atoms with Crippen LogP contribution in [0, 0.1) is 5.92 Å². The smallest absolute Gasteiger partial charge is 0.407 e. The van der Waals surface area contributed by atoms with E-state index < -0.39 is 30.3 Å². The molecule has 4 rings (SSSR count). The number of likely N-dealkylation sites (N-methyl/N-ethyl adjacent to an activating group) is 1. The molecule has 2 aromatic heterocycles. The van der Waals surface area contributed by atoms with Crippen molar-refractivity contribution in [3.63, 3.8) is 0 Å². The molecule has 0 spiro atoms. The second-order valence-corrected chi connectivity index (χ2v) is 15.4. The first kappa shape index (κ1) is 40.4. The lowest BCUT2D eigenvalue weighted by atomic mass is 9.93. The fraction of sp³-hybridized carbons (Fsp3) is 0.462. The van der Waals surface area contributed by atoms with Gasteiger partial charge in [0.2, 0.25) is 5.91 Å². The molecule has 0 bridgehead atoms. The molecule has 0 fully saturated rings. The maximum atomic E-state index is 14.0. The summed E-state index contributed by atoms with van der Waals surface area (Å²) in [7, 11) is 0. The summed E-state index contributed by atoms with van der Waals surface area (Å²) in [5.74, 6) is -0.202. The fourth-order valence-electron chi connectivity index (χ4n) is 5.75. The molecule has 0 saturated heterocycles. The number of alkyl carbamates (subject to hydrolysis) is 1. The van der Waals surface area contributed by atoms with Crippen molar-refractivity contribution in [2.24, 2.45) is 5.92 Å². The third-order valence-corrected chi connectivity index (χ3v) is 10.6. The van der Waals surface area contributed by atoms with Gasteiger partial charge < -0.3 is 30.7 Å². The number of aliphatic hydroxyl groups is 1. The zero-order chi connectivity index (χ0) is 37.5. The van der Waals surface area contributed by atoms with E-state index in [9.17, 15) is 19.5 Å². The summed E-state index contributed by atoms with van der Waals surface area (Å²) in [6.07, 6.45) is 1.48. The Hall–Kier alpha value is -4.33. The molecular formula is C39H52N6O5S2. The van der Waals surface area contributed by atoms with Crippen LogP contribution in [-0.4, -0.2) is 75.3 Å². The Morgan fingerprint density at radius 2 is 1.58 bits per heavy atom. The van der Waals surface area contributed by atoms with Crippen molar-refractivity contribution in [1.29, 1.82) is 0 Å². The van der Waals surface area contributed by atoms with E-state index in [1.807, 2.05) is 86.8 Å². The SMILES string of the molecule is CCN(CCc1csc(C(C)C)n1)C(=O)N[C@H](C(=O)N[C@@H](Cc1ccccc1)C[C@H](O)[C@H](Cc1ccccc1)NC(=O)OCc1cncs1)C(C)C. The zero-order valence-electron chi connectivity index (χ0n) is 30.7. The van der Waals surface area contributed by atoms with Crippen LogP contribution in [0.5, 0.6) is 0 Å². The minimum absolute atomic E-state index is 0.0685. The molecular weight excluding hydrogens is 697 g/mol. The Morgan fingerprint density at radius 3 is 2.15 bits per heavy atom. The first-order valence-electron chi connectivity index (χ1n) is 17.9. The van der Waals surface area contributed by atoms with Gasteiger partial charge in [0.05, 0.1) is 33.2 Å². The van der Waals surface area contributed by atoms with Crippen molar-refractivity contribution in [1.82, 2.24) is 30.8 Å². The average molecular weight is 749 g/mol. The van der Waals surface area contributed by atoms with Crippen LogP contribution in [0.1, 0.15) is 73.7 Å². The van der Waals surface area contributed by atoms with Crippen LogP contribution in [0.15, 0.2) is 77.8 Å². The van der Waals surface area contributed by atoms with E-state index in [1.54, 1.807) is 27.9 Å². The van der Waals surface area contributed by atoms with Gasteiger partial charge >= 0.3 is 12.1 Å². The number of carbonyl (C=O) groups excluding carboxylic acids is 3. The molecule has 280 valence electrons. The van der Waals surface area contributed by atoms with Crippen molar-refractivity contribution in [3.8, 4) is 0 Å². The lowest BCUT2D eigenvalue weighted by Gasteiger charge is -2.31. The first-order chi connectivity index (χ1) is 25.0. The first-order valence-corrected chi connectivity index (χ1v) is 19.6. The van der Waals surface area contributed by atoms with Gasteiger partial charge in [0, 0.05) is 43.0 Å². The molecule has 0 saturated carbocycles. The quantitative estimate of drug-likeness (QED) is 0.0876. The van der Waals surface area contributed by atoms with Crippen molar-refractivity contribution in [3.05, 3.63) is 104 Å². The van der Waals surface area contributed by atoms with Crippen LogP contribution >= 0.6 is 22.7 Å². The van der Waals surface area contributed by atoms with Crippen LogP contribution in [0.4, 0.5) is 9.59 Å². The number of amides is 4. The van der Waals surface area contributed by atoms with Crippen LogP contribution in [0.25, 0.3) is 0 Å². The highest BCUT2D eigenvalue weighted by atomic mass is 32.1. The van der Waals surface area contributed by atoms with Crippen molar-refractivity contribution >= 4 is 40.7 Å². The molecule has 4 aromatic rings. The summed E-state index contributed by atoms with van der Waals surface area (Å²) in [5, 5.41) is 23.8. The lowest BCUT2D eigenvalue weighted by molar-refractivity contribution is -0.124. The molecule has 0 aliphatic heterocycles. The van der Waals surface area contributed by atoms with E-state index in [0.717, 1.165) is 26.7 Å². The van der Waals surface area contributed by atoms with Gasteiger partial charge in [-0.15, -0.1) is 22.7 Å². The highest BCUT2D eigenvalue weighted by Gasteiger charge is 2.31. The molecule has 4 amide bonds. The molecule has 52 heavy (non-hydrogen) atoms. The molecule has 0 aliphatic rings. The normalized spacial score (nSPS) is 13.6.